The van der Waals surface area contributed by atoms with Crippen molar-refractivity contribution in [3.8, 4) is 0 Å². The first-order valence-electron chi connectivity index (χ1n) is 6.09. The minimum Gasteiger partial charge on any atom is -0.464 e. The van der Waals surface area contributed by atoms with E-state index in [0.717, 1.165) is 5.39 Å². The van der Waals surface area contributed by atoms with E-state index >= 15 is 0 Å². The monoisotopic (exact) mass is 291 g/mol. The van der Waals surface area contributed by atoms with Crippen molar-refractivity contribution in [1.29, 1.82) is 0 Å². The second-order valence-corrected chi connectivity index (χ2v) is 4.69. The van der Waals surface area contributed by atoms with E-state index in [4.69, 9.17) is 16.0 Å². The second kappa shape index (κ2) is 5.46. The molecular weight excluding hydrogens is 281 g/mol. The summed E-state index contributed by atoms with van der Waals surface area (Å²) >= 11 is 5.76. The van der Waals surface area contributed by atoms with Gasteiger partial charge in [0.2, 0.25) is 0 Å². The molecule has 2 aromatic heterocycles. The highest BCUT2D eigenvalue weighted by atomic mass is 35.5. The van der Waals surface area contributed by atoms with Gasteiger partial charge in [0.05, 0.1) is 6.26 Å². The lowest BCUT2D eigenvalue weighted by atomic mass is 10.1. The highest BCUT2D eigenvalue weighted by molar-refractivity contribution is 6.29. The molecule has 0 radical (unpaired) electrons. The van der Waals surface area contributed by atoms with Crippen LogP contribution >= 0.6 is 11.6 Å². The number of hydrogen-bond acceptors (Lipinski definition) is 4. The summed E-state index contributed by atoms with van der Waals surface area (Å²) < 4.78 is 19.0. The molecule has 2 heterocycles. The van der Waals surface area contributed by atoms with Crippen molar-refractivity contribution in [1.82, 2.24) is 9.97 Å². The molecule has 0 aliphatic rings. The van der Waals surface area contributed by atoms with Crippen LogP contribution in [0.3, 0.4) is 0 Å². The fraction of sp³-hybridized carbons (Fsp3) is 0.143. The number of rotatable bonds is 4. The minimum atomic E-state index is -0.269. The van der Waals surface area contributed by atoms with Gasteiger partial charge in [0.1, 0.15) is 28.7 Å². The molecule has 3 aromatic rings. The van der Waals surface area contributed by atoms with Gasteiger partial charge in [0, 0.05) is 24.1 Å². The van der Waals surface area contributed by atoms with E-state index in [-0.39, 0.29) is 5.82 Å². The number of nitrogens with zero attached hydrogens (tertiary/aromatic N) is 2. The molecule has 6 heteroatoms. The first-order valence-corrected chi connectivity index (χ1v) is 6.47. The summed E-state index contributed by atoms with van der Waals surface area (Å²) in [5.74, 6) is 0.352. The Morgan fingerprint density at radius 3 is 3.00 bits per heavy atom. The van der Waals surface area contributed by atoms with Crippen LogP contribution in [0.15, 0.2) is 41.3 Å². The average Bonchev–Trinajstić information content (AvgIpc) is 2.86. The third-order valence-corrected chi connectivity index (χ3v) is 3.16. The third-order valence-electron chi connectivity index (χ3n) is 2.96. The van der Waals surface area contributed by atoms with Gasteiger partial charge < -0.3 is 9.73 Å². The lowest BCUT2D eigenvalue weighted by Gasteiger charge is -2.06. The summed E-state index contributed by atoms with van der Waals surface area (Å²) in [5.41, 5.74) is 1.19. The molecule has 4 nitrogen and oxygen atoms in total. The molecule has 0 spiro atoms. The summed E-state index contributed by atoms with van der Waals surface area (Å²) in [6.07, 6.45) is 3.46. The normalized spacial score (nSPS) is 10.9. The molecule has 20 heavy (non-hydrogen) atoms. The molecule has 1 N–H and O–H groups in total. The van der Waals surface area contributed by atoms with Gasteiger partial charge >= 0.3 is 0 Å². The maximum atomic E-state index is 13.9. The lowest BCUT2D eigenvalue weighted by molar-refractivity contribution is 0.591. The van der Waals surface area contributed by atoms with Crippen LogP contribution in [0.4, 0.5) is 10.2 Å². The van der Waals surface area contributed by atoms with Crippen LogP contribution in [-0.2, 0) is 6.42 Å². The van der Waals surface area contributed by atoms with Crippen LogP contribution in [0.1, 0.15) is 5.56 Å². The van der Waals surface area contributed by atoms with E-state index in [9.17, 15) is 4.39 Å². The summed E-state index contributed by atoms with van der Waals surface area (Å²) in [7, 11) is 0. The average molecular weight is 292 g/mol. The zero-order valence-corrected chi connectivity index (χ0v) is 11.2. The SMILES string of the molecule is Fc1cc2occc2cc1CCNc1cc(Cl)ncn1. The molecule has 0 saturated heterocycles. The van der Waals surface area contributed by atoms with E-state index in [1.54, 1.807) is 18.4 Å². The highest BCUT2D eigenvalue weighted by Crippen LogP contribution is 2.20. The second-order valence-electron chi connectivity index (χ2n) is 4.30. The van der Waals surface area contributed by atoms with E-state index in [2.05, 4.69) is 15.3 Å². The van der Waals surface area contributed by atoms with Crippen LogP contribution < -0.4 is 5.32 Å². The molecule has 0 bridgehead atoms. The minimum absolute atomic E-state index is 0.269. The first-order chi connectivity index (χ1) is 9.72. The molecule has 0 aliphatic carbocycles. The van der Waals surface area contributed by atoms with Gasteiger partial charge in [-0.05, 0) is 24.1 Å². The fourth-order valence-corrected chi connectivity index (χ4v) is 2.13. The third kappa shape index (κ3) is 2.72. The van der Waals surface area contributed by atoms with Gasteiger partial charge in [-0.1, -0.05) is 11.6 Å². The number of furan rings is 1. The maximum absolute atomic E-state index is 13.9. The Kier molecular flexibility index (Phi) is 3.52. The predicted octanol–water partition coefficient (Wildman–Crippen LogP) is 3.67. The number of benzene rings is 1. The smallest absolute Gasteiger partial charge is 0.136 e. The van der Waals surface area contributed by atoms with E-state index < -0.39 is 0 Å². The first kappa shape index (κ1) is 12.9. The Balaban J connectivity index is 1.69. The molecule has 0 unspecified atom stereocenters. The van der Waals surface area contributed by atoms with E-state index in [1.165, 1.54) is 12.4 Å². The Labute approximate surface area is 119 Å². The molecule has 0 saturated carbocycles. The number of nitrogens with one attached hydrogen (secondary N) is 1. The molecule has 0 aliphatic heterocycles. The van der Waals surface area contributed by atoms with E-state index in [1.807, 2.05) is 6.07 Å². The molecule has 102 valence electrons. The van der Waals surface area contributed by atoms with Gasteiger partial charge in [0.25, 0.3) is 0 Å². The van der Waals surface area contributed by atoms with Crippen LogP contribution in [0.2, 0.25) is 5.15 Å². The van der Waals surface area contributed by atoms with Crippen LogP contribution in [0, 0.1) is 5.82 Å². The maximum Gasteiger partial charge on any atom is 0.136 e. The van der Waals surface area contributed by atoms with Crippen LogP contribution in [0.5, 0.6) is 0 Å². The Morgan fingerprint density at radius 2 is 2.15 bits per heavy atom. The van der Waals surface area contributed by atoms with Crippen molar-refractivity contribution in [3.63, 3.8) is 0 Å². The fourth-order valence-electron chi connectivity index (χ4n) is 1.98. The topological polar surface area (TPSA) is 51.0 Å². The van der Waals surface area contributed by atoms with E-state index in [0.29, 0.717) is 35.1 Å². The number of fused-ring (bicyclic) bond motifs is 1. The molecule has 0 amide bonds. The lowest BCUT2D eigenvalue weighted by Crippen LogP contribution is -2.07. The van der Waals surface area contributed by atoms with Crippen molar-refractivity contribution >= 4 is 28.4 Å². The summed E-state index contributed by atoms with van der Waals surface area (Å²) in [6.45, 7) is 0.549. The van der Waals surface area contributed by atoms with Crippen molar-refractivity contribution < 1.29 is 8.81 Å². The molecule has 0 atom stereocenters. The van der Waals surface area contributed by atoms with Crippen molar-refractivity contribution in [2.75, 3.05) is 11.9 Å². The Morgan fingerprint density at radius 1 is 1.25 bits per heavy atom. The molecular formula is C14H11ClFN3O. The van der Waals surface area contributed by atoms with Crippen molar-refractivity contribution in [2.24, 2.45) is 0 Å². The van der Waals surface area contributed by atoms with Gasteiger partial charge in [-0.2, -0.15) is 0 Å². The number of aromatic nitrogens is 2. The van der Waals surface area contributed by atoms with Crippen molar-refractivity contribution in [2.45, 2.75) is 6.42 Å². The number of anilines is 1. The molecule has 1 aromatic carbocycles. The van der Waals surface area contributed by atoms with Crippen LogP contribution in [-0.4, -0.2) is 16.5 Å². The Bertz CT molecular complexity index is 744. The summed E-state index contributed by atoms with van der Waals surface area (Å²) in [5, 5.41) is 4.34. The van der Waals surface area contributed by atoms with Gasteiger partial charge in [-0.15, -0.1) is 0 Å². The predicted molar refractivity (Wildman–Crippen MR) is 75.4 cm³/mol. The Hall–Kier alpha value is -2.14. The zero-order valence-electron chi connectivity index (χ0n) is 10.4. The van der Waals surface area contributed by atoms with Gasteiger partial charge in [-0.3, -0.25) is 0 Å². The summed E-state index contributed by atoms with van der Waals surface area (Å²) in [4.78, 5) is 7.81. The standard InChI is InChI=1S/C14H11ClFN3O/c15-13-7-14(19-8-18-13)17-3-1-9-5-10-2-4-20-12(10)6-11(9)16/h2,4-8H,1,3H2,(H,17,18,19). The molecule has 3 rings (SSSR count). The molecule has 0 fully saturated rings. The summed E-state index contributed by atoms with van der Waals surface area (Å²) in [6, 6.07) is 6.64. The van der Waals surface area contributed by atoms with Gasteiger partial charge in [-0.25, -0.2) is 14.4 Å². The largest absolute Gasteiger partial charge is 0.464 e. The number of hydrogen-bond donors (Lipinski definition) is 1. The number of halogens is 2. The van der Waals surface area contributed by atoms with Crippen molar-refractivity contribution in [3.05, 3.63) is 53.4 Å². The van der Waals surface area contributed by atoms with Crippen LogP contribution in [0.25, 0.3) is 11.0 Å². The van der Waals surface area contributed by atoms with Gasteiger partial charge in [0.15, 0.2) is 0 Å². The highest BCUT2D eigenvalue weighted by Gasteiger charge is 2.06. The quantitative estimate of drug-likeness (QED) is 0.745. The zero-order chi connectivity index (χ0) is 13.9.